The number of anilines is 2. The maximum absolute atomic E-state index is 12.3. The van der Waals surface area contributed by atoms with Gasteiger partial charge in [-0.3, -0.25) is 4.72 Å². The van der Waals surface area contributed by atoms with Crippen LogP contribution in [0.2, 0.25) is 5.02 Å². The highest BCUT2D eigenvalue weighted by atomic mass is 35.5. The Balaban J connectivity index is 1.66. The number of nitrogens with zero attached hydrogens (tertiary/aromatic N) is 2. The summed E-state index contributed by atoms with van der Waals surface area (Å²) in [7, 11) is -3.77. The first-order valence-corrected chi connectivity index (χ1v) is 9.70. The number of sulfonamides is 1. The molecule has 134 valence electrons. The minimum atomic E-state index is -3.77. The quantitative estimate of drug-likeness (QED) is 0.670. The van der Waals surface area contributed by atoms with Crippen LogP contribution in [0.3, 0.4) is 0 Å². The van der Waals surface area contributed by atoms with Crippen molar-refractivity contribution in [2.75, 3.05) is 10.0 Å². The van der Waals surface area contributed by atoms with Crippen molar-refractivity contribution in [2.24, 2.45) is 0 Å². The number of hydrogen-bond donors (Lipinski definition) is 2. The predicted molar refractivity (Wildman–Crippen MR) is 103 cm³/mol. The van der Waals surface area contributed by atoms with E-state index in [-0.39, 0.29) is 10.7 Å². The average Bonchev–Trinajstić information content (AvgIpc) is 2.61. The molecule has 3 rings (SSSR count). The van der Waals surface area contributed by atoms with E-state index >= 15 is 0 Å². The molecule has 0 amide bonds. The lowest BCUT2D eigenvalue weighted by molar-refractivity contribution is 0.601. The molecule has 0 unspecified atom stereocenters. The highest BCUT2D eigenvalue weighted by molar-refractivity contribution is 7.92. The summed E-state index contributed by atoms with van der Waals surface area (Å²) in [6.45, 7) is 2.63. The molecule has 2 N–H and O–H groups in total. The number of hydrogen-bond acceptors (Lipinski definition) is 5. The molecule has 6 nitrogen and oxygen atoms in total. The van der Waals surface area contributed by atoms with Gasteiger partial charge in [-0.05, 0) is 42.8 Å². The number of aromatic nitrogens is 2. The molecule has 0 saturated heterocycles. The van der Waals surface area contributed by atoms with Gasteiger partial charge in [-0.25, -0.2) is 8.42 Å². The molecule has 2 aromatic carbocycles. The second-order valence-corrected chi connectivity index (χ2v) is 7.83. The third kappa shape index (κ3) is 4.71. The molecule has 0 aliphatic rings. The van der Waals surface area contributed by atoms with E-state index in [9.17, 15) is 8.42 Å². The van der Waals surface area contributed by atoms with E-state index in [1.165, 1.54) is 17.7 Å². The van der Waals surface area contributed by atoms with Crippen molar-refractivity contribution in [3.05, 3.63) is 76.8 Å². The van der Waals surface area contributed by atoms with Gasteiger partial charge >= 0.3 is 0 Å². The van der Waals surface area contributed by atoms with E-state index in [2.05, 4.69) is 26.3 Å². The largest absolute Gasteiger partial charge is 0.365 e. The Morgan fingerprint density at radius 2 is 1.69 bits per heavy atom. The molecular weight excluding hydrogens is 372 g/mol. The molecule has 0 spiro atoms. The van der Waals surface area contributed by atoms with Crippen molar-refractivity contribution < 1.29 is 8.42 Å². The number of nitrogens with one attached hydrogen (secondary N) is 2. The summed E-state index contributed by atoms with van der Waals surface area (Å²) in [5.41, 5.74) is 2.30. The van der Waals surface area contributed by atoms with Crippen molar-refractivity contribution in [2.45, 2.75) is 18.4 Å². The van der Waals surface area contributed by atoms with Crippen LogP contribution >= 0.6 is 11.6 Å². The molecule has 0 aliphatic carbocycles. The third-order valence-electron chi connectivity index (χ3n) is 3.57. The van der Waals surface area contributed by atoms with Crippen LogP contribution in [0.15, 0.2) is 65.6 Å². The molecule has 0 aliphatic heterocycles. The van der Waals surface area contributed by atoms with Gasteiger partial charge in [-0.15, -0.1) is 10.2 Å². The monoisotopic (exact) mass is 388 g/mol. The van der Waals surface area contributed by atoms with Crippen LogP contribution in [0.4, 0.5) is 11.6 Å². The van der Waals surface area contributed by atoms with E-state index in [0.717, 1.165) is 5.56 Å². The first-order valence-electron chi connectivity index (χ1n) is 7.84. The lowest BCUT2D eigenvalue weighted by Gasteiger charge is -2.09. The van der Waals surface area contributed by atoms with Gasteiger partial charge in [0.25, 0.3) is 10.0 Å². The van der Waals surface area contributed by atoms with Gasteiger partial charge in [-0.1, -0.05) is 47.5 Å². The maximum atomic E-state index is 12.3. The first-order chi connectivity index (χ1) is 12.4. The van der Waals surface area contributed by atoms with Gasteiger partial charge in [-0.2, -0.15) is 0 Å². The first kappa shape index (κ1) is 18.2. The van der Waals surface area contributed by atoms with E-state index in [4.69, 9.17) is 11.6 Å². The van der Waals surface area contributed by atoms with Crippen LogP contribution in [-0.4, -0.2) is 18.6 Å². The van der Waals surface area contributed by atoms with Crippen LogP contribution in [-0.2, 0) is 16.6 Å². The summed E-state index contributed by atoms with van der Waals surface area (Å²) in [5, 5.41) is 11.4. The normalized spacial score (nSPS) is 11.2. The maximum Gasteiger partial charge on any atom is 0.263 e. The number of benzene rings is 2. The SMILES string of the molecule is Cc1cccc(CNc2ccc(NS(=O)(=O)c3cccc(Cl)c3)nn2)c1. The lowest BCUT2D eigenvalue weighted by atomic mass is 10.1. The molecule has 8 heteroatoms. The highest BCUT2D eigenvalue weighted by Gasteiger charge is 2.15. The van der Waals surface area contributed by atoms with Gasteiger partial charge in [0, 0.05) is 11.6 Å². The van der Waals surface area contributed by atoms with Crippen molar-refractivity contribution in [3.8, 4) is 0 Å². The number of rotatable bonds is 6. The molecular formula is C18H17ClN4O2S. The van der Waals surface area contributed by atoms with E-state index in [1.54, 1.807) is 24.3 Å². The van der Waals surface area contributed by atoms with Gasteiger partial charge in [0.05, 0.1) is 4.90 Å². The van der Waals surface area contributed by atoms with E-state index in [0.29, 0.717) is 17.4 Å². The van der Waals surface area contributed by atoms with E-state index < -0.39 is 10.0 Å². The van der Waals surface area contributed by atoms with E-state index in [1.807, 2.05) is 25.1 Å². The van der Waals surface area contributed by atoms with Crippen LogP contribution in [0.25, 0.3) is 0 Å². The Labute approximate surface area is 157 Å². The zero-order valence-electron chi connectivity index (χ0n) is 14.0. The van der Waals surface area contributed by atoms with Gasteiger partial charge in [0.15, 0.2) is 5.82 Å². The Kier molecular flexibility index (Phi) is 5.39. The zero-order chi connectivity index (χ0) is 18.6. The zero-order valence-corrected chi connectivity index (χ0v) is 15.6. The minimum Gasteiger partial charge on any atom is -0.365 e. The lowest BCUT2D eigenvalue weighted by Crippen LogP contribution is -2.14. The molecule has 1 aromatic heterocycles. The number of halogens is 1. The Hall–Kier alpha value is -2.64. The molecule has 26 heavy (non-hydrogen) atoms. The van der Waals surface area contributed by atoms with Gasteiger partial charge in [0.1, 0.15) is 5.82 Å². The summed E-state index contributed by atoms with van der Waals surface area (Å²) >= 11 is 5.84. The smallest absolute Gasteiger partial charge is 0.263 e. The molecule has 3 aromatic rings. The third-order valence-corrected chi connectivity index (χ3v) is 5.15. The van der Waals surface area contributed by atoms with Gasteiger partial charge < -0.3 is 5.32 Å². The summed E-state index contributed by atoms with van der Waals surface area (Å²) in [6.07, 6.45) is 0. The fourth-order valence-corrected chi connectivity index (χ4v) is 3.62. The molecule has 0 atom stereocenters. The summed E-state index contributed by atoms with van der Waals surface area (Å²) in [4.78, 5) is 0.0634. The number of aryl methyl sites for hydroxylation is 1. The molecule has 0 saturated carbocycles. The Bertz CT molecular complexity index is 1010. The fourth-order valence-electron chi connectivity index (χ4n) is 2.33. The summed E-state index contributed by atoms with van der Waals surface area (Å²) in [6, 6.07) is 17.3. The molecule has 0 fully saturated rings. The van der Waals surface area contributed by atoms with Crippen LogP contribution in [0, 0.1) is 6.92 Å². The predicted octanol–water partition coefficient (Wildman–Crippen LogP) is 3.85. The van der Waals surface area contributed by atoms with Crippen molar-refractivity contribution in [1.29, 1.82) is 0 Å². The van der Waals surface area contributed by atoms with Crippen molar-refractivity contribution in [1.82, 2.24) is 10.2 Å². The topological polar surface area (TPSA) is 84.0 Å². The Morgan fingerprint density at radius 1 is 0.962 bits per heavy atom. The summed E-state index contributed by atoms with van der Waals surface area (Å²) < 4.78 is 27.0. The fraction of sp³-hybridized carbons (Fsp3) is 0.111. The molecule has 0 bridgehead atoms. The molecule has 1 heterocycles. The van der Waals surface area contributed by atoms with Crippen LogP contribution < -0.4 is 10.0 Å². The van der Waals surface area contributed by atoms with Crippen LogP contribution in [0.5, 0.6) is 0 Å². The van der Waals surface area contributed by atoms with Crippen molar-refractivity contribution in [3.63, 3.8) is 0 Å². The second-order valence-electron chi connectivity index (χ2n) is 5.71. The molecule has 0 radical (unpaired) electrons. The van der Waals surface area contributed by atoms with Crippen LogP contribution in [0.1, 0.15) is 11.1 Å². The average molecular weight is 389 g/mol. The second kappa shape index (κ2) is 7.72. The minimum absolute atomic E-state index is 0.0634. The van der Waals surface area contributed by atoms with Crippen molar-refractivity contribution >= 4 is 33.3 Å². The van der Waals surface area contributed by atoms with Gasteiger partial charge in [0.2, 0.25) is 0 Å². The highest BCUT2D eigenvalue weighted by Crippen LogP contribution is 2.18. The Morgan fingerprint density at radius 3 is 2.38 bits per heavy atom. The summed E-state index contributed by atoms with van der Waals surface area (Å²) in [5.74, 6) is 0.684. The standard InChI is InChI=1S/C18H17ClN4O2S/c1-13-4-2-5-14(10-13)12-20-17-8-9-18(22-21-17)23-26(24,25)16-7-3-6-15(19)11-16/h2-11H,12H2,1H3,(H,20,21)(H,22,23).